The Morgan fingerprint density at radius 1 is 1.09 bits per heavy atom. The van der Waals surface area contributed by atoms with E-state index >= 15 is 0 Å². The lowest BCUT2D eigenvalue weighted by Crippen LogP contribution is -2.42. The second kappa shape index (κ2) is 9.62. The number of amides is 1. The molecule has 0 aliphatic carbocycles. The van der Waals surface area contributed by atoms with Crippen molar-refractivity contribution in [2.45, 2.75) is 24.3 Å². The molecule has 3 aromatic rings. The number of nitrogens with one attached hydrogen (secondary N) is 1. The summed E-state index contributed by atoms with van der Waals surface area (Å²) in [6.07, 6.45) is 4.47. The van der Waals surface area contributed by atoms with Gasteiger partial charge in [-0.3, -0.25) is 4.79 Å². The van der Waals surface area contributed by atoms with Gasteiger partial charge >= 0.3 is 0 Å². The summed E-state index contributed by atoms with van der Waals surface area (Å²) in [6, 6.07) is 14.1. The number of carbonyl (C=O) groups is 1. The maximum Gasteiger partial charge on any atom is 0.244 e. The van der Waals surface area contributed by atoms with Gasteiger partial charge in [-0.25, -0.2) is 13.1 Å². The zero-order valence-corrected chi connectivity index (χ0v) is 19.4. The summed E-state index contributed by atoms with van der Waals surface area (Å²) < 4.78 is 29.0. The monoisotopic (exact) mass is 492 g/mol. The molecule has 0 atom stereocenters. The van der Waals surface area contributed by atoms with Crippen LogP contribution in [0.25, 0.3) is 5.69 Å². The predicted octanol–water partition coefficient (Wildman–Crippen LogP) is 3.90. The maximum absolute atomic E-state index is 12.9. The number of halogens is 2. The zero-order chi connectivity index (χ0) is 22.7. The fourth-order valence-electron chi connectivity index (χ4n) is 3.68. The van der Waals surface area contributed by atoms with E-state index < -0.39 is 10.0 Å². The number of hydrogen-bond acceptors (Lipinski definition) is 4. The van der Waals surface area contributed by atoms with Gasteiger partial charge in [0.25, 0.3) is 0 Å². The van der Waals surface area contributed by atoms with Crippen molar-refractivity contribution < 1.29 is 13.2 Å². The Kier molecular flexibility index (Phi) is 6.85. The highest BCUT2D eigenvalue weighted by Crippen LogP contribution is 2.30. The van der Waals surface area contributed by atoms with Gasteiger partial charge in [0.2, 0.25) is 15.9 Å². The van der Waals surface area contributed by atoms with Crippen molar-refractivity contribution >= 4 is 39.1 Å². The van der Waals surface area contributed by atoms with E-state index in [0.717, 1.165) is 11.3 Å². The molecule has 1 amide bonds. The van der Waals surface area contributed by atoms with Crippen LogP contribution in [0.3, 0.4) is 0 Å². The van der Waals surface area contributed by atoms with Crippen molar-refractivity contribution in [3.8, 4) is 5.69 Å². The summed E-state index contributed by atoms with van der Waals surface area (Å²) in [5, 5.41) is 7.70. The molecule has 0 saturated carbocycles. The lowest BCUT2D eigenvalue weighted by Gasteiger charge is -2.30. The van der Waals surface area contributed by atoms with Gasteiger partial charge < -0.3 is 5.32 Å². The molecular formula is C22H22Cl2N4O3S. The first-order chi connectivity index (χ1) is 15.3. The predicted molar refractivity (Wildman–Crippen MR) is 123 cm³/mol. The quantitative estimate of drug-likeness (QED) is 0.565. The minimum absolute atomic E-state index is 0.00926. The van der Waals surface area contributed by atoms with Crippen molar-refractivity contribution in [1.29, 1.82) is 0 Å². The Hall–Kier alpha value is -2.39. The van der Waals surface area contributed by atoms with Crippen LogP contribution >= 0.6 is 23.2 Å². The molecule has 1 aliphatic rings. The Morgan fingerprint density at radius 3 is 2.53 bits per heavy atom. The minimum Gasteiger partial charge on any atom is -0.352 e. The highest BCUT2D eigenvalue weighted by atomic mass is 35.5. The third-order valence-corrected chi connectivity index (χ3v) is 8.07. The molecule has 1 N–H and O–H groups in total. The van der Waals surface area contributed by atoms with E-state index in [-0.39, 0.29) is 34.8 Å². The van der Waals surface area contributed by atoms with Gasteiger partial charge in [0.1, 0.15) is 4.90 Å². The van der Waals surface area contributed by atoms with Gasteiger partial charge in [-0.2, -0.15) is 9.40 Å². The maximum atomic E-state index is 12.9. The van der Waals surface area contributed by atoms with E-state index in [1.807, 2.05) is 36.5 Å². The number of aromatic nitrogens is 2. The Labute approximate surface area is 197 Å². The molecule has 1 aromatic heterocycles. The number of para-hydroxylation sites is 1. The van der Waals surface area contributed by atoms with Crippen LogP contribution in [0.2, 0.25) is 10.0 Å². The molecule has 10 heteroatoms. The first kappa shape index (κ1) is 22.8. The summed E-state index contributed by atoms with van der Waals surface area (Å²) in [5.41, 5.74) is 1.83. The van der Waals surface area contributed by atoms with Crippen molar-refractivity contribution in [3.63, 3.8) is 0 Å². The van der Waals surface area contributed by atoms with Crippen molar-refractivity contribution in [3.05, 3.63) is 76.5 Å². The molecule has 0 unspecified atom stereocenters. The second-order valence-electron chi connectivity index (χ2n) is 7.60. The van der Waals surface area contributed by atoms with Crippen LogP contribution in [0.5, 0.6) is 0 Å². The van der Waals surface area contributed by atoms with Crippen LogP contribution in [0, 0.1) is 5.92 Å². The van der Waals surface area contributed by atoms with Crippen LogP contribution in [-0.4, -0.2) is 41.5 Å². The Morgan fingerprint density at radius 2 is 1.81 bits per heavy atom. The molecule has 2 aromatic carbocycles. The molecule has 2 heterocycles. The van der Waals surface area contributed by atoms with E-state index in [1.54, 1.807) is 16.9 Å². The molecule has 0 bridgehead atoms. The smallest absolute Gasteiger partial charge is 0.244 e. The zero-order valence-electron chi connectivity index (χ0n) is 17.1. The fourth-order valence-corrected chi connectivity index (χ4v) is 5.89. The number of sulfonamides is 1. The Balaban J connectivity index is 1.32. The summed E-state index contributed by atoms with van der Waals surface area (Å²) in [6.45, 7) is 0.854. The molecule has 168 valence electrons. The summed E-state index contributed by atoms with van der Waals surface area (Å²) in [7, 11) is -3.77. The van der Waals surface area contributed by atoms with Crippen LogP contribution in [0.4, 0.5) is 0 Å². The minimum atomic E-state index is -3.77. The van der Waals surface area contributed by atoms with Gasteiger partial charge in [0.05, 0.1) is 16.9 Å². The highest BCUT2D eigenvalue weighted by Gasteiger charge is 2.33. The van der Waals surface area contributed by atoms with E-state index in [0.29, 0.717) is 24.4 Å². The van der Waals surface area contributed by atoms with Gasteiger partial charge in [-0.15, -0.1) is 0 Å². The molecule has 7 nitrogen and oxygen atoms in total. The molecule has 4 rings (SSSR count). The molecule has 32 heavy (non-hydrogen) atoms. The van der Waals surface area contributed by atoms with Crippen molar-refractivity contribution in [2.24, 2.45) is 5.92 Å². The number of carbonyl (C=O) groups excluding carboxylic acids is 1. The average Bonchev–Trinajstić information content (AvgIpc) is 3.29. The third kappa shape index (κ3) is 4.99. The first-order valence-electron chi connectivity index (χ1n) is 10.2. The van der Waals surface area contributed by atoms with E-state index in [4.69, 9.17) is 23.2 Å². The Bertz CT molecular complexity index is 1210. The molecule has 1 saturated heterocycles. The van der Waals surface area contributed by atoms with Gasteiger partial charge in [0, 0.05) is 42.3 Å². The standard InChI is InChI=1S/C22H22Cl2N4O3S/c23-18-6-7-20(24)21(12-18)32(30,31)27-10-8-17(9-11-27)22(29)25-13-16-14-26-28(15-16)19-4-2-1-3-5-19/h1-7,12,14-15,17H,8-11,13H2,(H,25,29). The molecular weight excluding hydrogens is 471 g/mol. The summed E-state index contributed by atoms with van der Waals surface area (Å²) in [5.74, 6) is -0.337. The number of benzene rings is 2. The summed E-state index contributed by atoms with van der Waals surface area (Å²) in [4.78, 5) is 12.6. The third-order valence-electron chi connectivity index (χ3n) is 5.46. The molecule has 1 fully saturated rings. The molecule has 0 spiro atoms. The van der Waals surface area contributed by atoms with E-state index in [9.17, 15) is 13.2 Å². The van der Waals surface area contributed by atoms with Crippen LogP contribution in [0.15, 0.2) is 65.8 Å². The van der Waals surface area contributed by atoms with Crippen LogP contribution in [-0.2, 0) is 21.4 Å². The average molecular weight is 493 g/mol. The highest BCUT2D eigenvalue weighted by molar-refractivity contribution is 7.89. The number of nitrogens with zero attached hydrogens (tertiary/aromatic N) is 3. The topological polar surface area (TPSA) is 84.3 Å². The van der Waals surface area contributed by atoms with Crippen molar-refractivity contribution in [2.75, 3.05) is 13.1 Å². The normalized spacial score (nSPS) is 15.6. The van der Waals surface area contributed by atoms with E-state index in [2.05, 4.69) is 10.4 Å². The number of rotatable bonds is 6. The van der Waals surface area contributed by atoms with E-state index in [1.165, 1.54) is 16.4 Å². The second-order valence-corrected chi connectivity index (χ2v) is 10.3. The first-order valence-corrected chi connectivity index (χ1v) is 12.4. The summed E-state index contributed by atoms with van der Waals surface area (Å²) >= 11 is 12.0. The number of piperidine rings is 1. The number of hydrogen-bond donors (Lipinski definition) is 1. The largest absolute Gasteiger partial charge is 0.352 e. The lowest BCUT2D eigenvalue weighted by atomic mass is 9.97. The van der Waals surface area contributed by atoms with Crippen LogP contribution in [0.1, 0.15) is 18.4 Å². The molecule has 0 radical (unpaired) electrons. The SMILES string of the molecule is O=C(NCc1cnn(-c2ccccc2)c1)C1CCN(S(=O)(=O)c2cc(Cl)ccc2Cl)CC1. The fraction of sp³-hybridized carbons (Fsp3) is 0.273. The van der Waals surface area contributed by atoms with Gasteiger partial charge in [-0.05, 0) is 43.2 Å². The van der Waals surface area contributed by atoms with Gasteiger partial charge in [0.15, 0.2) is 0 Å². The lowest BCUT2D eigenvalue weighted by molar-refractivity contribution is -0.126. The van der Waals surface area contributed by atoms with Gasteiger partial charge in [-0.1, -0.05) is 41.4 Å². The molecule has 1 aliphatic heterocycles. The van der Waals surface area contributed by atoms with Crippen LogP contribution < -0.4 is 5.32 Å². The van der Waals surface area contributed by atoms with Crippen molar-refractivity contribution in [1.82, 2.24) is 19.4 Å².